The van der Waals surface area contributed by atoms with Crippen molar-refractivity contribution in [2.75, 3.05) is 5.33 Å². The van der Waals surface area contributed by atoms with Gasteiger partial charge in [0, 0.05) is 11.8 Å². The van der Waals surface area contributed by atoms with Crippen LogP contribution in [0.1, 0.15) is 25.7 Å². The number of halogens is 1. The molecule has 0 heterocycles. The average molecular weight is 261 g/mol. The molecule has 0 rings (SSSR count). The average Bonchev–Trinajstić information content (AvgIpc) is 2.21. The first-order valence-electron chi connectivity index (χ1n) is 4.75. The molecule has 3 heteroatoms. The van der Waals surface area contributed by atoms with Gasteiger partial charge in [0.25, 0.3) is 0 Å². The molecule has 0 aromatic heterocycles. The van der Waals surface area contributed by atoms with Crippen LogP contribution in [-0.2, 0) is 9.53 Å². The van der Waals surface area contributed by atoms with Crippen molar-refractivity contribution in [3.8, 4) is 0 Å². The van der Waals surface area contributed by atoms with E-state index in [0.717, 1.165) is 24.6 Å². The van der Waals surface area contributed by atoms with Crippen molar-refractivity contribution in [3.05, 3.63) is 25.3 Å². The van der Waals surface area contributed by atoms with Gasteiger partial charge in [-0.2, -0.15) is 0 Å². The molecular weight excluding hydrogens is 244 g/mol. The fourth-order valence-corrected chi connectivity index (χ4v) is 1.34. The number of hydrogen-bond donors (Lipinski definition) is 0. The maximum atomic E-state index is 11.2. The van der Waals surface area contributed by atoms with Crippen LogP contribution in [0.2, 0.25) is 0 Å². The zero-order chi connectivity index (χ0) is 10.8. The number of ether oxygens (including phenoxy) is 1. The van der Waals surface area contributed by atoms with Crippen molar-refractivity contribution in [1.29, 1.82) is 0 Å². The summed E-state index contributed by atoms with van der Waals surface area (Å²) in [6.45, 7) is 7.08. The molecular formula is C11H17BrO2. The summed E-state index contributed by atoms with van der Waals surface area (Å²) < 4.78 is 5.04. The Labute approximate surface area is 94.2 Å². The number of esters is 1. The molecule has 0 unspecified atom stereocenters. The first-order valence-corrected chi connectivity index (χ1v) is 5.87. The highest BCUT2D eigenvalue weighted by Crippen LogP contribution is 2.05. The Kier molecular flexibility index (Phi) is 8.64. The third-order valence-electron chi connectivity index (χ3n) is 1.75. The first kappa shape index (κ1) is 13.4. The van der Waals surface area contributed by atoms with Gasteiger partial charge in [0.1, 0.15) is 6.10 Å². The van der Waals surface area contributed by atoms with Gasteiger partial charge in [-0.3, -0.25) is 4.79 Å². The van der Waals surface area contributed by atoms with Crippen molar-refractivity contribution in [2.45, 2.75) is 31.8 Å². The molecule has 2 nitrogen and oxygen atoms in total. The van der Waals surface area contributed by atoms with E-state index in [-0.39, 0.29) is 12.1 Å². The first-order chi connectivity index (χ1) is 6.74. The Morgan fingerprint density at radius 2 is 1.93 bits per heavy atom. The molecule has 0 radical (unpaired) electrons. The Bertz CT molecular complexity index is 182. The number of rotatable bonds is 8. The van der Waals surface area contributed by atoms with Gasteiger partial charge in [0.2, 0.25) is 0 Å². The normalized spacial score (nSPS) is 9.86. The molecule has 0 amide bonds. The maximum absolute atomic E-state index is 11.2. The van der Waals surface area contributed by atoms with Crippen LogP contribution in [0, 0.1) is 0 Å². The smallest absolute Gasteiger partial charge is 0.306 e. The Morgan fingerprint density at radius 3 is 2.43 bits per heavy atom. The van der Waals surface area contributed by atoms with Gasteiger partial charge in [0.05, 0.1) is 0 Å². The van der Waals surface area contributed by atoms with Gasteiger partial charge >= 0.3 is 5.97 Å². The minimum absolute atomic E-state index is 0.177. The molecule has 0 saturated heterocycles. The molecule has 0 spiro atoms. The molecule has 0 N–H and O–H groups in total. The van der Waals surface area contributed by atoms with Gasteiger partial charge in [0.15, 0.2) is 0 Å². The summed E-state index contributed by atoms with van der Waals surface area (Å²) in [5.41, 5.74) is 0. The van der Waals surface area contributed by atoms with Crippen molar-refractivity contribution >= 4 is 21.9 Å². The molecule has 0 bridgehead atoms. The summed E-state index contributed by atoms with van der Waals surface area (Å²) in [6.07, 6.45) is 6.27. The summed E-state index contributed by atoms with van der Waals surface area (Å²) in [6, 6.07) is 0. The molecule has 0 aromatic carbocycles. The number of unbranched alkanes of at least 4 members (excludes halogenated alkanes) is 2. The van der Waals surface area contributed by atoms with E-state index in [1.54, 1.807) is 12.2 Å². The Balaban J connectivity index is 3.53. The fourth-order valence-electron chi connectivity index (χ4n) is 0.944. The van der Waals surface area contributed by atoms with E-state index in [1.807, 2.05) is 0 Å². The van der Waals surface area contributed by atoms with Crippen LogP contribution in [0.25, 0.3) is 0 Å². The van der Waals surface area contributed by atoms with Gasteiger partial charge in [-0.25, -0.2) is 0 Å². The van der Waals surface area contributed by atoms with E-state index in [0.29, 0.717) is 6.42 Å². The molecule has 0 aliphatic carbocycles. The molecule has 0 fully saturated rings. The molecule has 0 aliphatic heterocycles. The largest absolute Gasteiger partial charge is 0.454 e. The quantitative estimate of drug-likeness (QED) is 0.290. The standard InChI is InChI=1S/C11H17BrO2/c1-3-10(4-2)14-11(13)8-6-5-7-9-12/h3-4,10H,1-2,5-9H2. The molecule has 80 valence electrons. The summed E-state index contributed by atoms with van der Waals surface area (Å²) >= 11 is 3.34. The second-order valence-electron chi connectivity index (χ2n) is 2.93. The Hall–Kier alpha value is -0.570. The van der Waals surface area contributed by atoms with Crippen LogP contribution in [0.3, 0.4) is 0 Å². The van der Waals surface area contributed by atoms with Crippen molar-refractivity contribution < 1.29 is 9.53 Å². The monoisotopic (exact) mass is 260 g/mol. The van der Waals surface area contributed by atoms with E-state index in [9.17, 15) is 4.79 Å². The lowest BCUT2D eigenvalue weighted by molar-refractivity contribution is -0.145. The van der Waals surface area contributed by atoms with Crippen LogP contribution in [0.5, 0.6) is 0 Å². The van der Waals surface area contributed by atoms with E-state index < -0.39 is 0 Å². The third kappa shape index (κ3) is 6.89. The SMILES string of the molecule is C=CC(C=C)OC(=O)CCCCCBr. The topological polar surface area (TPSA) is 26.3 Å². The molecule has 0 aromatic rings. The van der Waals surface area contributed by atoms with Crippen molar-refractivity contribution in [1.82, 2.24) is 0 Å². The van der Waals surface area contributed by atoms with Crippen LogP contribution in [0.15, 0.2) is 25.3 Å². The summed E-state index contributed by atoms with van der Waals surface area (Å²) in [5, 5.41) is 0.990. The predicted molar refractivity (Wildman–Crippen MR) is 62.5 cm³/mol. The van der Waals surface area contributed by atoms with E-state index in [1.165, 1.54) is 0 Å². The van der Waals surface area contributed by atoms with Crippen LogP contribution in [-0.4, -0.2) is 17.4 Å². The number of alkyl halides is 1. The fraction of sp³-hybridized carbons (Fsp3) is 0.545. The highest BCUT2D eigenvalue weighted by molar-refractivity contribution is 9.09. The minimum atomic E-state index is -0.348. The lowest BCUT2D eigenvalue weighted by Gasteiger charge is -2.08. The predicted octanol–water partition coefficient (Wildman–Crippen LogP) is 3.23. The van der Waals surface area contributed by atoms with Crippen LogP contribution < -0.4 is 0 Å². The van der Waals surface area contributed by atoms with Crippen LogP contribution in [0.4, 0.5) is 0 Å². The van der Waals surface area contributed by atoms with E-state index in [2.05, 4.69) is 29.1 Å². The maximum Gasteiger partial charge on any atom is 0.306 e. The highest BCUT2D eigenvalue weighted by atomic mass is 79.9. The van der Waals surface area contributed by atoms with E-state index in [4.69, 9.17) is 4.74 Å². The van der Waals surface area contributed by atoms with Gasteiger partial charge < -0.3 is 4.74 Å². The lowest BCUT2D eigenvalue weighted by atomic mass is 10.2. The Morgan fingerprint density at radius 1 is 1.29 bits per heavy atom. The third-order valence-corrected chi connectivity index (χ3v) is 2.31. The van der Waals surface area contributed by atoms with Gasteiger partial charge in [-0.05, 0) is 25.0 Å². The van der Waals surface area contributed by atoms with Gasteiger partial charge in [-0.15, -0.1) is 0 Å². The second kappa shape index (κ2) is 9.00. The second-order valence-corrected chi connectivity index (χ2v) is 3.72. The molecule has 14 heavy (non-hydrogen) atoms. The molecule has 0 aliphatic rings. The summed E-state index contributed by atoms with van der Waals surface area (Å²) in [5.74, 6) is -0.177. The molecule has 0 atom stereocenters. The van der Waals surface area contributed by atoms with Crippen molar-refractivity contribution in [3.63, 3.8) is 0 Å². The summed E-state index contributed by atoms with van der Waals surface area (Å²) in [4.78, 5) is 11.2. The summed E-state index contributed by atoms with van der Waals surface area (Å²) in [7, 11) is 0. The highest BCUT2D eigenvalue weighted by Gasteiger charge is 2.06. The molecule has 0 saturated carbocycles. The lowest BCUT2D eigenvalue weighted by Crippen LogP contribution is -2.12. The zero-order valence-corrected chi connectivity index (χ0v) is 9.96. The van der Waals surface area contributed by atoms with Crippen molar-refractivity contribution in [2.24, 2.45) is 0 Å². The minimum Gasteiger partial charge on any atom is -0.454 e. The number of hydrogen-bond acceptors (Lipinski definition) is 2. The van der Waals surface area contributed by atoms with E-state index >= 15 is 0 Å². The number of carbonyl (C=O) groups excluding carboxylic acids is 1. The zero-order valence-electron chi connectivity index (χ0n) is 8.38. The number of carbonyl (C=O) groups is 1. The van der Waals surface area contributed by atoms with Gasteiger partial charge in [-0.1, -0.05) is 35.5 Å². The van der Waals surface area contributed by atoms with Crippen LogP contribution >= 0.6 is 15.9 Å².